The van der Waals surface area contributed by atoms with Gasteiger partial charge in [0.05, 0.1) is 6.10 Å². The van der Waals surface area contributed by atoms with Crippen LogP contribution in [0.25, 0.3) is 11.1 Å². The van der Waals surface area contributed by atoms with Crippen LogP contribution in [-0.4, -0.2) is 30.6 Å². The van der Waals surface area contributed by atoms with Crippen LogP contribution >= 0.6 is 11.6 Å². The van der Waals surface area contributed by atoms with Crippen LogP contribution < -0.4 is 0 Å². The molecule has 1 heterocycles. The molecule has 1 unspecified atom stereocenters. The third-order valence-electron chi connectivity index (χ3n) is 6.09. The molecule has 2 fully saturated rings. The molecule has 1 atom stereocenters. The van der Waals surface area contributed by atoms with Crippen molar-refractivity contribution in [1.29, 1.82) is 0 Å². The summed E-state index contributed by atoms with van der Waals surface area (Å²) in [6, 6.07) is 13.3. The van der Waals surface area contributed by atoms with Crippen LogP contribution in [0.4, 0.5) is 0 Å². The van der Waals surface area contributed by atoms with E-state index in [4.69, 9.17) is 21.1 Å². The summed E-state index contributed by atoms with van der Waals surface area (Å²) < 4.78 is 11.1. The highest BCUT2D eigenvalue weighted by Crippen LogP contribution is 2.45. The zero-order chi connectivity index (χ0) is 19.9. The number of carbonyl (C=O) groups is 2. The van der Waals surface area contributed by atoms with Crippen molar-refractivity contribution < 1.29 is 19.1 Å². The molecule has 2 aromatic rings. The Bertz CT molecular complexity index is 928. The van der Waals surface area contributed by atoms with Gasteiger partial charge in [-0.2, -0.15) is 0 Å². The first-order valence-electron chi connectivity index (χ1n) is 9.60. The number of Topliss-reactive ketones (excluding diaryl/α,β-unsaturated/α-hetero) is 1. The van der Waals surface area contributed by atoms with Crippen LogP contribution in [0.15, 0.2) is 42.5 Å². The molecule has 1 saturated carbocycles. The fourth-order valence-corrected chi connectivity index (χ4v) is 4.64. The van der Waals surface area contributed by atoms with Crippen LogP contribution in [0.3, 0.4) is 0 Å². The summed E-state index contributed by atoms with van der Waals surface area (Å²) in [7, 11) is 1.68. The summed E-state index contributed by atoms with van der Waals surface area (Å²) in [6.45, 7) is 1.92. The zero-order valence-electron chi connectivity index (χ0n) is 16.0. The lowest BCUT2D eigenvalue weighted by molar-refractivity contribution is -0.157. The highest BCUT2D eigenvalue weighted by molar-refractivity contribution is 6.33. The van der Waals surface area contributed by atoms with Crippen molar-refractivity contribution in [2.75, 3.05) is 7.11 Å². The van der Waals surface area contributed by atoms with Crippen molar-refractivity contribution in [2.24, 2.45) is 0 Å². The predicted octanol–water partition coefficient (Wildman–Crippen LogP) is 4.85. The second-order valence-corrected chi connectivity index (χ2v) is 8.11. The fourth-order valence-electron chi connectivity index (χ4n) is 4.40. The zero-order valence-corrected chi connectivity index (χ0v) is 16.8. The maximum absolute atomic E-state index is 13.3. The Morgan fingerprint density at radius 3 is 2.50 bits per heavy atom. The van der Waals surface area contributed by atoms with Crippen LogP contribution in [0.1, 0.15) is 42.7 Å². The Hall–Kier alpha value is -2.17. The molecule has 2 aromatic carbocycles. The van der Waals surface area contributed by atoms with Gasteiger partial charge in [0.2, 0.25) is 0 Å². The Morgan fingerprint density at radius 2 is 1.82 bits per heavy atom. The van der Waals surface area contributed by atoms with Gasteiger partial charge in [-0.3, -0.25) is 9.59 Å². The second-order valence-electron chi connectivity index (χ2n) is 7.70. The monoisotopic (exact) mass is 398 g/mol. The van der Waals surface area contributed by atoms with Crippen LogP contribution in [0.2, 0.25) is 5.02 Å². The van der Waals surface area contributed by atoms with Crippen molar-refractivity contribution in [3.63, 3.8) is 0 Å². The van der Waals surface area contributed by atoms with E-state index >= 15 is 0 Å². The number of ketones is 1. The Kier molecular flexibility index (Phi) is 5.02. The molecule has 0 aromatic heterocycles. The third kappa shape index (κ3) is 3.15. The standard InChI is InChI=1S/C23H23ClO4/c1-14-7-8-15(17-5-3-4-6-19(17)24)13-18(14)20-21(25)23(28-22(20)26)11-9-16(27-2)10-12-23/h3-8,13,16,20H,9-12H2,1-2H3. The van der Waals surface area contributed by atoms with E-state index in [-0.39, 0.29) is 11.9 Å². The molecule has 28 heavy (non-hydrogen) atoms. The van der Waals surface area contributed by atoms with E-state index in [1.54, 1.807) is 7.11 Å². The molecule has 1 spiro atoms. The Labute approximate surface area is 169 Å². The maximum Gasteiger partial charge on any atom is 0.322 e. The number of hydrogen-bond donors (Lipinski definition) is 0. The smallest absolute Gasteiger partial charge is 0.322 e. The van der Waals surface area contributed by atoms with Gasteiger partial charge in [-0.15, -0.1) is 0 Å². The molecule has 1 aliphatic heterocycles. The van der Waals surface area contributed by atoms with Gasteiger partial charge in [-0.1, -0.05) is 41.9 Å². The number of methoxy groups -OCH3 is 1. The van der Waals surface area contributed by atoms with Gasteiger partial charge in [0, 0.05) is 17.7 Å². The quantitative estimate of drug-likeness (QED) is 0.547. The van der Waals surface area contributed by atoms with E-state index in [9.17, 15) is 9.59 Å². The first kappa shape index (κ1) is 19.2. The van der Waals surface area contributed by atoms with E-state index in [1.165, 1.54) is 0 Å². The average Bonchev–Trinajstić information content (AvgIpc) is 2.93. The first-order valence-corrected chi connectivity index (χ1v) is 9.98. The fraction of sp³-hybridized carbons (Fsp3) is 0.391. The normalized spacial score (nSPS) is 27.2. The number of carbonyl (C=O) groups excluding carboxylic acids is 2. The molecule has 0 bridgehead atoms. The molecule has 1 saturated heterocycles. The molecular formula is C23H23ClO4. The van der Waals surface area contributed by atoms with Crippen LogP contribution in [-0.2, 0) is 19.1 Å². The summed E-state index contributed by atoms with van der Waals surface area (Å²) in [5.74, 6) is -1.44. The molecule has 0 amide bonds. The lowest BCUT2D eigenvalue weighted by atomic mass is 9.76. The summed E-state index contributed by atoms with van der Waals surface area (Å²) >= 11 is 6.34. The van der Waals surface area contributed by atoms with Crippen molar-refractivity contribution in [3.05, 3.63) is 58.6 Å². The third-order valence-corrected chi connectivity index (χ3v) is 6.42. The molecule has 0 radical (unpaired) electrons. The largest absolute Gasteiger partial charge is 0.450 e. The summed E-state index contributed by atoms with van der Waals surface area (Å²) in [4.78, 5) is 26.1. The SMILES string of the molecule is COC1CCC2(CC1)OC(=O)C(c1cc(-c3ccccc3Cl)ccc1C)C2=O. The molecule has 1 aliphatic carbocycles. The number of aryl methyl sites for hydroxylation is 1. The van der Waals surface area contributed by atoms with Gasteiger partial charge in [-0.25, -0.2) is 0 Å². The molecule has 5 heteroatoms. The van der Waals surface area contributed by atoms with Crippen molar-refractivity contribution in [3.8, 4) is 11.1 Å². The van der Waals surface area contributed by atoms with Crippen molar-refractivity contribution >= 4 is 23.4 Å². The molecule has 4 rings (SSSR count). The Balaban J connectivity index is 1.69. The van der Waals surface area contributed by atoms with Gasteiger partial charge in [0.25, 0.3) is 0 Å². The maximum atomic E-state index is 13.3. The lowest BCUT2D eigenvalue weighted by Crippen LogP contribution is -2.42. The molecular weight excluding hydrogens is 376 g/mol. The number of halogens is 1. The predicted molar refractivity (Wildman–Crippen MR) is 107 cm³/mol. The number of hydrogen-bond acceptors (Lipinski definition) is 4. The molecule has 4 nitrogen and oxygen atoms in total. The van der Waals surface area contributed by atoms with Crippen molar-refractivity contribution in [2.45, 2.75) is 50.2 Å². The van der Waals surface area contributed by atoms with Gasteiger partial charge < -0.3 is 9.47 Å². The minimum atomic E-state index is -0.996. The molecule has 0 N–H and O–H groups in total. The summed E-state index contributed by atoms with van der Waals surface area (Å²) in [5, 5.41) is 0.631. The number of rotatable bonds is 3. The number of esters is 1. The van der Waals surface area contributed by atoms with E-state index < -0.39 is 17.5 Å². The topological polar surface area (TPSA) is 52.6 Å². The number of ether oxygens (including phenoxy) is 2. The highest BCUT2D eigenvalue weighted by atomic mass is 35.5. The first-order chi connectivity index (χ1) is 13.4. The van der Waals surface area contributed by atoms with E-state index in [2.05, 4.69) is 0 Å². The van der Waals surface area contributed by atoms with E-state index in [0.29, 0.717) is 23.4 Å². The van der Waals surface area contributed by atoms with Crippen molar-refractivity contribution in [1.82, 2.24) is 0 Å². The van der Waals surface area contributed by atoms with E-state index in [0.717, 1.165) is 29.5 Å². The lowest BCUT2D eigenvalue weighted by Gasteiger charge is -2.33. The minimum Gasteiger partial charge on any atom is -0.450 e. The second kappa shape index (κ2) is 7.34. The van der Waals surface area contributed by atoms with Gasteiger partial charge in [0.1, 0.15) is 5.92 Å². The Morgan fingerprint density at radius 1 is 1.11 bits per heavy atom. The van der Waals surface area contributed by atoms with Gasteiger partial charge in [-0.05, 0) is 61.4 Å². The van der Waals surface area contributed by atoms with Gasteiger partial charge in [0.15, 0.2) is 11.4 Å². The average molecular weight is 399 g/mol. The molecule has 2 aliphatic rings. The summed E-state index contributed by atoms with van der Waals surface area (Å²) in [5.41, 5.74) is 2.37. The number of benzene rings is 2. The van der Waals surface area contributed by atoms with Crippen LogP contribution in [0.5, 0.6) is 0 Å². The van der Waals surface area contributed by atoms with Gasteiger partial charge >= 0.3 is 5.97 Å². The molecule has 146 valence electrons. The highest BCUT2D eigenvalue weighted by Gasteiger charge is 2.56. The summed E-state index contributed by atoms with van der Waals surface area (Å²) in [6.07, 6.45) is 2.62. The van der Waals surface area contributed by atoms with Crippen LogP contribution in [0, 0.1) is 6.92 Å². The van der Waals surface area contributed by atoms with E-state index in [1.807, 2.05) is 49.4 Å². The minimum absolute atomic E-state index is 0.119.